The Hall–Kier alpha value is -3.03. The molecular weight excluding hydrogens is 327 g/mol. The van der Waals surface area contributed by atoms with Crippen LogP contribution in [0.15, 0.2) is 42.5 Å². The molecule has 0 saturated heterocycles. The van der Waals surface area contributed by atoms with Crippen molar-refractivity contribution in [3.8, 4) is 11.5 Å². The lowest BCUT2D eigenvalue weighted by atomic mass is 10.1. The largest absolute Gasteiger partial charge is 0.573 e. The summed E-state index contributed by atoms with van der Waals surface area (Å²) in [6, 6.07) is 9.59. The molecule has 0 atom stereocenters. The molecule has 24 heavy (non-hydrogen) atoms. The number of rotatable bonds is 5. The number of hydrogen-bond acceptors (Lipinski definition) is 4. The van der Waals surface area contributed by atoms with E-state index in [0.717, 1.165) is 0 Å². The van der Waals surface area contributed by atoms with E-state index in [9.17, 15) is 23.3 Å². The van der Waals surface area contributed by atoms with Gasteiger partial charge in [0.05, 0.1) is 18.1 Å². The van der Waals surface area contributed by atoms with Gasteiger partial charge >= 0.3 is 6.36 Å². The molecule has 0 unspecified atom stereocenters. The van der Waals surface area contributed by atoms with Crippen molar-refractivity contribution in [3.63, 3.8) is 0 Å². The zero-order valence-electron chi connectivity index (χ0n) is 12.4. The number of para-hydroxylation sites is 1. The van der Waals surface area contributed by atoms with E-state index in [4.69, 9.17) is 4.74 Å². The van der Waals surface area contributed by atoms with E-state index in [1.54, 1.807) is 6.07 Å². The zero-order valence-corrected chi connectivity index (χ0v) is 12.4. The van der Waals surface area contributed by atoms with Crippen LogP contribution in [-0.4, -0.2) is 18.4 Å². The Labute approximate surface area is 135 Å². The first-order valence-electron chi connectivity index (χ1n) is 6.65. The molecule has 8 heteroatoms. The van der Waals surface area contributed by atoms with Gasteiger partial charge in [0.1, 0.15) is 11.5 Å². The van der Waals surface area contributed by atoms with Crippen LogP contribution in [0.4, 0.5) is 18.9 Å². The molecule has 0 aliphatic carbocycles. The Kier molecular flexibility index (Phi) is 5.08. The van der Waals surface area contributed by atoms with Gasteiger partial charge < -0.3 is 9.47 Å². The zero-order chi connectivity index (χ0) is 17.7. The molecule has 126 valence electrons. The third-order valence-electron chi connectivity index (χ3n) is 3.02. The smallest absolute Gasteiger partial charge is 0.496 e. The number of nitro groups is 1. The summed E-state index contributed by atoms with van der Waals surface area (Å²) >= 11 is 0. The fraction of sp³-hybridized carbons (Fsp3) is 0.125. The van der Waals surface area contributed by atoms with Gasteiger partial charge in [0.25, 0.3) is 5.69 Å². The molecule has 2 rings (SSSR count). The summed E-state index contributed by atoms with van der Waals surface area (Å²) in [5.74, 6) is -0.114. The Morgan fingerprint density at radius 1 is 1.04 bits per heavy atom. The first kappa shape index (κ1) is 17.3. The van der Waals surface area contributed by atoms with Crippen LogP contribution in [0, 0.1) is 10.1 Å². The maximum absolute atomic E-state index is 12.4. The monoisotopic (exact) mass is 339 g/mol. The molecule has 2 aromatic rings. The maximum atomic E-state index is 12.4. The Bertz CT molecular complexity index is 772. The van der Waals surface area contributed by atoms with Gasteiger partial charge in [0.2, 0.25) is 0 Å². The van der Waals surface area contributed by atoms with Crippen molar-refractivity contribution in [2.45, 2.75) is 6.36 Å². The summed E-state index contributed by atoms with van der Waals surface area (Å²) in [4.78, 5) is 10.2. The highest BCUT2D eigenvalue weighted by Gasteiger charge is 2.31. The lowest BCUT2D eigenvalue weighted by molar-refractivity contribution is -0.384. The van der Waals surface area contributed by atoms with E-state index in [0.29, 0.717) is 5.56 Å². The van der Waals surface area contributed by atoms with Crippen molar-refractivity contribution in [1.82, 2.24) is 0 Å². The minimum absolute atomic E-state index is 0.148. The van der Waals surface area contributed by atoms with Gasteiger partial charge in [-0.1, -0.05) is 30.4 Å². The maximum Gasteiger partial charge on any atom is 0.573 e. The summed E-state index contributed by atoms with van der Waals surface area (Å²) in [7, 11) is 1.34. The summed E-state index contributed by atoms with van der Waals surface area (Å²) < 4.78 is 46.2. The Balaban J connectivity index is 2.33. The van der Waals surface area contributed by atoms with Crippen molar-refractivity contribution in [2.24, 2.45) is 0 Å². The minimum atomic E-state index is -4.80. The number of hydrogen-bond donors (Lipinski definition) is 0. The Morgan fingerprint density at radius 3 is 2.25 bits per heavy atom. The number of nitrogens with zero attached hydrogens (tertiary/aromatic N) is 1. The fourth-order valence-corrected chi connectivity index (χ4v) is 1.97. The lowest BCUT2D eigenvalue weighted by Crippen LogP contribution is -2.17. The van der Waals surface area contributed by atoms with Crippen LogP contribution in [0.3, 0.4) is 0 Å². The van der Waals surface area contributed by atoms with Crippen LogP contribution in [0.1, 0.15) is 11.1 Å². The molecule has 0 bridgehead atoms. The predicted octanol–water partition coefficient (Wildman–Crippen LogP) is 4.67. The standard InChI is InChI=1S/C16H12F3NO4/c1-23-15-10-13(20(21)22)9-8-12(15)7-6-11-4-2-3-5-14(11)24-16(17,18)19/h2-10H,1H3/b7-6+. The average molecular weight is 339 g/mol. The van der Waals surface area contributed by atoms with Gasteiger partial charge in [-0.15, -0.1) is 13.2 Å². The number of halogens is 3. The second-order valence-corrected chi connectivity index (χ2v) is 4.60. The normalized spacial score (nSPS) is 11.5. The van der Waals surface area contributed by atoms with Crippen LogP contribution < -0.4 is 9.47 Å². The van der Waals surface area contributed by atoms with Crippen LogP contribution in [0.2, 0.25) is 0 Å². The molecule has 0 heterocycles. The summed E-state index contributed by atoms with van der Waals surface area (Å²) in [6.07, 6.45) is -1.90. The molecule has 0 aliphatic heterocycles. The van der Waals surface area contributed by atoms with Crippen molar-refractivity contribution < 1.29 is 27.6 Å². The predicted molar refractivity (Wildman–Crippen MR) is 81.7 cm³/mol. The van der Waals surface area contributed by atoms with Crippen molar-refractivity contribution >= 4 is 17.8 Å². The van der Waals surface area contributed by atoms with E-state index < -0.39 is 11.3 Å². The molecule has 0 fully saturated rings. The molecule has 0 radical (unpaired) electrons. The number of benzene rings is 2. The highest BCUT2D eigenvalue weighted by Crippen LogP contribution is 2.30. The highest BCUT2D eigenvalue weighted by molar-refractivity contribution is 5.75. The first-order chi connectivity index (χ1) is 11.3. The second-order valence-electron chi connectivity index (χ2n) is 4.60. The highest BCUT2D eigenvalue weighted by atomic mass is 19.4. The van der Waals surface area contributed by atoms with E-state index in [-0.39, 0.29) is 22.7 Å². The van der Waals surface area contributed by atoms with Crippen molar-refractivity contribution in [2.75, 3.05) is 7.11 Å². The van der Waals surface area contributed by atoms with Crippen LogP contribution in [-0.2, 0) is 0 Å². The van der Waals surface area contributed by atoms with Gasteiger partial charge in [-0.25, -0.2) is 0 Å². The van der Waals surface area contributed by atoms with E-state index in [2.05, 4.69) is 4.74 Å². The number of nitro benzene ring substituents is 1. The molecular formula is C16H12F3NO4. The van der Waals surface area contributed by atoms with E-state index in [1.807, 2.05) is 0 Å². The van der Waals surface area contributed by atoms with Gasteiger partial charge in [-0.05, 0) is 12.1 Å². The molecule has 0 aliphatic rings. The number of ether oxygens (including phenoxy) is 2. The van der Waals surface area contributed by atoms with Crippen LogP contribution >= 0.6 is 0 Å². The number of non-ortho nitro benzene ring substituents is 1. The van der Waals surface area contributed by atoms with Crippen molar-refractivity contribution in [1.29, 1.82) is 0 Å². The summed E-state index contributed by atoms with van der Waals surface area (Å²) in [6.45, 7) is 0. The lowest BCUT2D eigenvalue weighted by Gasteiger charge is -2.11. The summed E-state index contributed by atoms with van der Waals surface area (Å²) in [5.41, 5.74) is 0.532. The SMILES string of the molecule is COc1cc([N+](=O)[O-])ccc1/C=C/c1ccccc1OC(F)(F)F. The average Bonchev–Trinajstić information content (AvgIpc) is 2.52. The molecule has 2 aromatic carbocycles. The molecule has 0 N–H and O–H groups in total. The van der Waals surface area contributed by atoms with Gasteiger partial charge in [0.15, 0.2) is 0 Å². The fourth-order valence-electron chi connectivity index (χ4n) is 1.97. The number of methoxy groups -OCH3 is 1. The third-order valence-corrected chi connectivity index (χ3v) is 3.02. The molecule has 0 amide bonds. The minimum Gasteiger partial charge on any atom is -0.496 e. The second kappa shape index (κ2) is 7.03. The van der Waals surface area contributed by atoms with Crippen LogP contribution in [0.5, 0.6) is 11.5 Å². The first-order valence-corrected chi connectivity index (χ1v) is 6.65. The van der Waals surface area contributed by atoms with Crippen molar-refractivity contribution in [3.05, 3.63) is 63.7 Å². The van der Waals surface area contributed by atoms with Crippen LogP contribution in [0.25, 0.3) is 12.2 Å². The molecule has 5 nitrogen and oxygen atoms in total. The topological polar surface area (TPSA) is 61.6 Å². The molecule has 0 spiro atoms. The van der Waals surface area contributed by atoms with Gasteiger partial charge in [-0.2, -0.15) is 0 Å². The van der Waals surface area contributed by atoms with E-state index in [1.165, 1.54) is 55.7 Å². The van der Waals surface area contributed by atoms with Gasteiger partial charge in [0, 0.05) is 17.2 Å². The number of alkyl halides is 3. The summed E-state index contributed by atoms with van der Waals surface area (Å²) in [5, 5.41) is 10.7. The third kappa shape index (κ3) is 4.48. The van der Waals surface area contributed by atoms with E-state index >= 15 is 0 Å². The Morgan fingerprint density at radius 2 is 1.67 bits per heavy atom. The quantitative estimate of drug-likeness (QED) is 0.451. The molecule has 0 aromatic heterocycles. The van der Waals surface area contributed by atoms with Gasteiger partial charge in [-0.3, -0.25) is 10.1 Å². The molecule has 0 saturated carbocycles.